The number of hydrogen-bond acceptors (Lipinski definition) is 21. The maximum absolute atomic E-state index is 14.7. The zero-order valence-electron chi connectivity index (χ0n) is 47.9. The Kier molecular flexibility index (Phi) is 20.2. The van der Waals surface area contributed by atoms with Gasteiger partial charge in [0.2, 0.25) is 35.4 Å². The molecule has 0 radical (unpaired) electrons. The van der Waals surface area contributed by atoms with Gasteiger partial charge in [-0.2, -0.15) is 0 Å². The number of fused-ring (bicyclic) bond motifs is 3. The number of piperazine rings is 1. The van der Waals surface area contributed by atoms with E-state index in [2.05, 4.69) is 58.7 Å². The van der Waals surface area contributed by atoms with Gasteiger partial charge in [-0.05, 0) is 93.4 Å². The van der Waals surface area contributed by atoms with Crippen LogP contribution in [0, 0.1) is 5.92 Å². The van der Waals surface area contributed by atoms with E-state index in [4.69, 9.17) is 10.5 Å². The summed E-state index contributed by atoms with van der Waals surface area (Å²) in [5.41, 5.74) is 8.79. The summed E-state index contributed by atoms with van der Waals surface area (Å²) < 4.78 is 5.20. The number of carbonyl (C=O) groups is 7. The molecule has 7 amide bonds. The summed E-state index contributed by atoms with van der Waals surface area (Å²) in [4.78, 5) is 108. The number of aromatic hydroxyl groups is 1. The lowest BCUT2D eigenvalue weighted by atomic mass is 9.98. The predicted octanol–water partition coefficient (Wildman–Crippen LogP) is -2.83. The molecule has 0 saturated carbocycles. The molecule has 14 N–H and O–H groups in total. The molecule has 86 heavy (non-hydrogen) atoms. The van der Waals surface area contributed by atoms with Gasteiger partial charge in [-0.15, -0.1) is 10.2 Å². The van der Waals surface area contributed by atoms with E-state index in [9.17, 15) is 69.3 Å². The van der Waals surface area contributed by atoms with Crippen molar-refractivity contribution < 1.29 is 74.0 Å². The number of nitrogens with two attached hydrogens (primary N) is 1. The van der Waals surface area contributed by atoms with Crippen LogP contribution in [-0.4, -0.2) is 240 Å². The zero-order valence-corrected chi connectivity index (χ0v) is 48.7. The Morgan fingerprint density at radius 2 is 1.43 bits per heavy atom. The van der Waals surface area contributed by atoms with Gasteiger partial charge in [0.05, 0.1) is 43.7 Å². The maximum Gasteiger partial charge on any atom is 0.251 e. The highest BCUT2D eigenvalue weighted by Gasteiger charge is 2.50. The molecule has 0 aliphatic carbocycles. The smallest absolute Gasteiger partial charge is 0.251 e. The van der Waals surface area contributed by atoms with Crippen molar-refractivity contribution in [2.24, 2.45) is 11.7 Å². The first kappa shape index (κ1) is 63.1. The maximum atomic E-state index is 14.7. The number of amides is 7. The van der Waals surface area contributed by atoms with Crippen LogP contribution in [0.3, 0.4) is 0 Å². The van der Waals surface area contributed by atoms with Gasteiger partial charge in [0.25, 0.3) is 5.91 Å². The third-order valence-corrected chi connectivity index (χ3v) is 17.8. The molecule has 4 aromatic rings. The number of hydrogen-bond donors (Lipinski definition) is 13. The summed E-state index contributed by atoms with van der Waals surface area (Å²) in [6.07, 6.45) is -9.25. The number of methoxy groups -OCH3 is 1. The lowest BCUT2D eigenvalue weighted by Crippen LogP contribution is -2.64. The monoisotopic (exact) mass is 1210 g/mol. The molecule has 28 heteroatoms. The number of aliphatic hydroxyl groups is 6. The first-order chi connectivity index (χ1) is 41.1. The molecule has 27 nitrogen and oxygen atoms in total. The van der Waals surface area contributed by atoms with Gasteiger partial charge in [-0.25, -0.2) is 0 Å². The molecule has 9 rings (SSSR count). The van der Waals surface area contributed by atoms with Crippen LogP contribution in [0.4, 0.5) is 5.69 Å². The molecular formula is C58H76N12O15S. The summed E-state index contributed by atoms with van der Waals surface area (Å²) in [7, 11) is 1.28. The quantitative estimate of drug-likeness (QED) is 0.0642. The number of phenols is 1. The number of aliphatic hydroxyl groups excluding tert-OH is 6. The van der Waals surface area contributed by atoms with E-state index in [1.54, 1.807) is 19.1 Å². The van der Waals surface area contributed by atoms with Gasteiger partial charge < -0.3 is 87.5 Å². The van der Waals surface area contributed by atoms with Crippen molar-refractivity contribution in [3.05, 3.63) is 77.9 Å². The van der Waals surface area contributed by atoms with Gasteiger partial charge >= 0.3 is 0 Å². The third-order valence-electron chi connectivity index (χ3n) is 16.8. The molecule has 0 spiro atoms. The Labute approximate surface area is 499 Å². The standard InChI is InChI=1S/C58H76N12O15S/c1-29-26-70-48(49(29)77)54(82)60-25-37(72)23-39(61-50(78)32-7-9-33(10-8-32)55-65-66-56(86-55)34-11-13-35(14-12-34)68-20-19-67-18-4-5-36(67)27-68)51(79)62-45(30(2)71)57(83)69-28-38(73)24-40(69)52(80)63-46(53(81)64-47(58(70)84)42(75)16-17-59)43(76)21-31-6-15-41(74)44(22-31)85-3/h6-15,22,29-30,36-40,42-43,45-49,71-77H,4-5,16-21,23-28,59H2,1-3H3,(H,60,82)(H,61,78)(H,62,79)(H,63,80)(H,64,81)/t29-,30+,36?,37+,38+,39?,40-,42+,43+,45-,46-,47-,48-,49-/m0/s1. The minimum absolute atomic E-state index is 0.00145. The molecule has 5 aliphatic heterocycles. The third kappa shape index (κ3) is 14.2. The van der Waals surface area contributed by atoms with E-state index < -0.39 is 152 Å². The Morgan fingerprint density at radius 1 is 0.767 bits per heavy atom. The van der Waals surface area contributed by atoms with E-state index in [1.165, 1.54) is 61.6 Å². The molecule has 5 aliphatic rings. The fraction of sp³-hybridized carbons (Fsp3) is 0.534. The van der Waals surface area contributed by atoms with Crippen molar-refractivity contribution in [2.75, 3.05) is 64.4 Å². The van der Waals surface area contributed by atoms with Crippen molar-refractivity contribution in [3.8, 4) is 32.6 Å². The average Bonchev–Trinajstić information content (AvgIpc) is 3.24. The van der Waals surface area contributed by atoms with Crippen LogP contribution in [0.2, 0.25) is 0 Å². The van der Waals surface area contributed by atoms with Gasteiger partial charge in [0, 0.05) is 92.9 Å². The highest BCUT2D eigenvalue weighted by molar-refractivity contribution is 7.17. The number of phenolic OH excluding ortho intramolecular Hbond substituents is 1. The van der Waals surface area contributed by atoms with Crippen molar-refractivity contribution in [1.29, 1.82) is 0 Å². The van der Waals surface area contributed by atoms with Gasteiger partial charge in [-0.1, -0.05) is 36.5 Å². The number of rotatable bonds is 13. The second-order valence-corrected chi connectivity index (χ2v) is 23.9. The topological polar surface area (TPSA) is 395 Å². The van der Waals surface area contributed by atoms with E-state index in [-0.39, 0.29) is 42.1 Å². The zero-order chi connectivity index (χ0) is 61.7. The Bertz CT molecular complexity index is 3100. The summed E-state index contributed by atoms with van der Waals surface area (Å²) in [6, 6.07) is 8.22. The number of nitrogens with zero attached hydrogens (tertiary/aromatic N) is 6. The molecule has 3 aromatic carbocycles. The Hall–Kier alpha value is -7.41. The van der Waals surface area contributed by atoms with E-state index >= 15 is 0 Å². The Morgan fingerprint density at radius 3 is 2.10 bits per heavy atom. The summed E-state index contributed by atoms with van der Waals surface area (Å²) in [6.45, 7) is 5.22. The van der Waals surface area contributed by atoms with Crippen molar-refractivity contribution >= 4 is 58.4 Å². The Balaban J connectivity index is 0.975. The highest BCUT2D eigenvalue weighted by atomic mass is 32.1. The number of aromatic nitrogens is 2. The molecule has 5 fully saturated rings. The molecular weight excluding hydrogens is 1140 g/mol. The number of anilines is 1. The largest absolute Gasteiger partial charge is 0.504 e. The summed E-state index contributed by atoms with van der Waals surface area (Å²) >= 11 is 1.35. The SMILES string of the molecule is COc1cc(C[C@@H](O)[C@@H]2NC(=O)[C@@H]3C[C@@H](O)CN3C(=O)[C@H]([C@@H](C)O)NC(=O)C(NC(=O)c3ccc(-c4nnc(-c5ccc(N6CCN7CCCC7C6)cc5)s4)cc3)C[C@@H](O)CNC(=O)[C@@H]3[C@@H](O)[C@@H](C)CN3C(=O)[C@H]([C@H](O)CCN)NC2=O)ccc1O. The number of β-amino-alcohol motifs (C(OH)–C–C–N with tert-alkyl or cyclic N) is 1. The first-order valence-electron chi connectivity index (χ1n) is 28.9. The lowest BCUT2D eigenvalue weighted by molar-refractivity contribution is -0.147. The summed E-state index contributed by atoms with van der Waals surface area (Å²) in [5, 5.41) is 101. The van der Waals surface area contributed by atoms with Crippen molar-refractivity contribution in [1.82, 2.24) is 51.5 Å². The molecule has 0 bridgehead atoms. The second kappa shape index (κ2) is 27.5. The average molecular weight is 1210 g/mol. The number of carbonyl (C=O) groups excluding carboxylic acids is 7. The second-order valence-electron chi connectivity index (χ2n) is 22.9. The van der Waals surface area contributed by atoms with Crippen molar-refractivity contribution in [2.45, 2.75) is 131 Å². The molecule has 1 aromatic heterocycles. The van der Waals surface area contributed by atoms with Crippen LogP contribution in [0.1, 0.15) is 61.9 Å². The molecule has 5 saturated heterocycles. The lowest BCUT2D eigenvalue weighted by Gasteiger charge is -2.38. The van der Waals surface area contributed by atoms with Crippen LogP contribution in [0.15, 0.2) is 66.7 Å². The number of ether oxygens (including phenoxy) is 1. The van der Waals surface area contributed by atoms with E-state index in [0.717, 1.165) is 54.2 Å². The van der Waals surface area contributed by atoms with Gasteiger partial charge in [-0.3, -0.25) is 38.5 Å². The molecule has 6 heterocycles. The highest BCUT2D eigenvalue weighted by Crippen LogP contribution is 2.34. The van der Waals surface area contributed by atoms with Crippen LogP contribution >= 0.6 is 11.3 Å². The van der Waals surface area contributed by atoms with Crippen LogP contribution in [0.5, 0.6) is 11.5 Å². The number of nitrogens with one attached hydrogen (secondary N) is 5. The van der Waals surface area contributed by atoms with Crippen molar-refractivity contribution in [3.63, 3.8) is 0 Å². The van der Waals surface area contributed by atoms with E-state index in [1.807, 2.05) is 12.1 Å². The molecule has 14 atom stereocenters. The molecule has 464 valence electrons. The predicted molar refractivity (Wildman–Crippen MR) is 311 cm³/mol. The van der Waals surface area contributed by atoms with Crippen LogP contribution in [-0.2, 0) is 35.2 Å². The first-order valence-corrected chi connectivity index (χ1v) is 29.7. The van der Waals surface area contributed by atoms with Gasteiger partial charge in [0.1, 0.15) is 46.3 Å². The fourth-order valence-electron chi connectivity index (χ4n) is 12.0. The normalized spacial score (nSPS) is 28.4. The van der Waals surface area contributed by atoms with Gasteiger partial charge in [0.15, 0.2) is 11.5 Å². The molecule has 2 unspecified atom stereocenters. The number of benzene rings is 3. The van der Waals surface area contributed by atoms with Crippen LogP contribution < -0.4 is 42.0 Å². The minimum Gasteiger partial charge on any atom is -0.504 e. The fourth-order valence-corrected chi connectivity index (χ4v) is 12.8. The van der Waals surface area contributed by atoms with Crippen LogP contribution in [0.25, 0.3) is 21.1 Å². The summed E-state index contributed by atoms with van der Waals surface area (Å²) in [5.74, 6) is -8.49. The van der Waals surface area contributed by atoms with E-state index in [0.29, 0.717) is 21.6 Å². The minimum atomic E-state index is -2.02.